The molecule has 1 aliphatic heterocycles. The van der Waals surface area contributed by atoms with E-state index < -0.39 is 0 Å². The first-order valence-electron chi connectivity index (χ1n) is 6.93. The Bertz CT molecular complexity index is 479. The fourth-order valence-electron chi connectivity index (χ4n) is 2.73. The Morgan fingerprint density at radius 2 is 2.16 bits per heavy atom. The molecule has 4 heteroatoms. The molecule has 3 nitrogen and oxygen atoms in total. The minimum Gasteiger partial charge on any atom is -0.357 e. The Kier molecular flexibility index (Phi) is 4.66. The van der Waals surface area contributed by atoms with E-state index in [1.54, 1.807) is 6.07 Å². The van der Waals surface area contributed by atoms with E-state index in [-0.39, 0.29) is 0 Å². The fourth-order valence-corrected chi connectivity index (χ4v) is 2.93. The second-order valence-electron chi connectivity index (χ2n) is 5.57. The lowest BCUT2D eigenvalue weighted by atomic mass is 9.89. The second kappa shape index (κ2) is 6.25. The highest BCUT2D eigenvalue weighted by Crippen LogP contribution is 2.27. The molecule has 1 unspecified atom stereocenters. The summed E-state index contributed by atoms with van der Waals surface area (Å²) in [5, 5.41) is 9.40. The van der Waals surface area contributed by atoms with Crippen LogP contribution < -0.4 is 4.90 Å². The summed E-state index contributed by atoms with van der Waals surface area (Å²) in [6.07, 6.45) is 3.65. The normalized spacial score (nSPS) is 20.2. The molecule has 2 heterocycles. The molecule has 0 aliphatic carbocycles. The van der Waals surface area contributed by atoms with Gasteiger partial charge in [0.1, 0.15) is 11.0 Å². The van der Waals surface area contributed by atoms with Crippen LogP contribution in [0.4, 0.5) is 5.82 Å². The summed E-state index contributed by atoms with van der Waals surface area (Å²) in [5.41, 5.74) is 0.583. The lowest BCUT2D eigenvalue weighted by Gasteiger charge is -2.22. The smallest absolute Gasteiger partial charge is 0.132 e. The topological polar surface area (TPSA) is 39.9 Å². The molecule has 1 aromatic rings. The van der Waals surface area contributed by atoms with E-state index in [2.05, 4.69) is 29.8 Å². The van der Waals surface area contributed by atoms with Crippen LogP contribution >= 0.6 is 11.6 Å². The first-order valence-corrected chi connectivity index (χ1v) is 7.30. The molecular weight excluding hydrogens is 258 g/mol. The molecule has 1 saturated heterocycles. The first-order chi connectivity index (χ1) is 9.10. The number of halogens is 1. The highest BCUT2D eigenvalue weighted by molar-refractivity contribution is 6.29. The largest absolute Gasteiger partial charge is 0.357 e. The van der Waals surface area contributed by atoms with Crippen molar-refractivity contribution in [2.24, 2.45) is 11.8 Å². The molecule has 1 aromatic heterocycles. The van der Waals surface area contributed by atoms with Crippen LogP contribution in [0.1, 0.15) is 38.7 Å². The number of rotatable bonds is 2. The molecule has 0 aromatic carbocycles. The van der Waals surface area contributed by atoms with Gasteiger partial charge in [0.2, 0.25) is 0 Å². The summed E-state index contributed by atoms with van der Waals surface area (Å²) >= 11 is 5.98. The Labute approximate surface area is 120 Å². The zero-order valence-corrected chi connectivity index (χ0v) is 12.3. The van der Waals surface area contributed by atoms with Crippen molar-refractivity contribution in [1.82, 2.24) is 4.98 Å². The molecule has 1 aliphatic rings. The van der Waals surface area contributed by atoms with Crippen molar-refractivity contribution < 1.29 is 0 Å². The molecular formula is C15H20ClN3. The molecule has 0 N–H and O–H groups in total. The summed E-state index contributed by atoms with van der Waals surface area (Å²) in [4.78, 5) is 6.62. The molecule has 0 radical (unpaired) electrons. The van der Waals surface area contributed by atoms with Crippen molar-refractivity contribution in [2.75, 3.05) is 18.0 Å². The lowest BCUT2D eigenvalue weighted by molar-refractivity contribution is 0.351. The molecule has 102 valence electrons. The van der Waals surface area contributed by atoms with Gasteiger partial charge in [0.25, 0.3) is 0 Å². The third kappa shape index (κ3) is 3.61. The van der Waals surface area contributed by atoms with Gasteiger partial charge in [0, 0.05) is 13.1 Å². The molecule has 0 bridgehead atoms. The van der Waals surface area contributed by atoms with E-state index in [0.717, 1.165) is 30.7 Å². The molecule has 19 heavy (non-hydrogen) atoms. The molecule has 0 saturated carbocycles. The highest BCUT2D eigenvalue weighted by atomic mass is 35.5. The number of hydrogen-bond acceptors (Lipinski definition) is 3. The number of nitriles is 1. The zero-order valence-electron chi connectivity index (χ0n) is 11.6. The van der Waals surface area contributed by atoms with Gasteiger partial charge in [-0.25, -0.2) is 4.98 Å². The van der Waals surface area contributed by atoms with E-state index in [1.807, 2.05) is 6.07 Å². The van der Waals surface area contributed by atoms with E-state index in [0.29, 0.717) is 10.7 Å². The Morgan fingerprint density at radius 3 is 2.84 bits per heavy atom. The third-order valence-electron chi connectivity index (χ3n) is 3.95. The van der Waals surface area contributed by atoms with E-state index in [4.69, 9.17) is 16.9 Å². The number of aromatic nitrogens is 1. The van der Waals surface area contributed by atoms with E-state index in [1.165, 1.54) is 19.3 Å². The van der Waals surface area contributed by atoms with Gasteiger partial charge in [0.15, 0.2) is 0 Å². The summed E-state index contributed by atoms with van der Waals surface area (Å²) in [5.74, 6) is 2.37. The third-order valence-corrected chi connectivity index (χ3v) is 4.14. The van der Waals surface area contributed by atoms with Gasteiger partial charge in [-0.2, -0.15) is 5.26 Å². The van der Waals surface area contributed by atoms with Gasteiger partial charge in [-0.05, 0) is 43.2 Å². The molecule has 0 spiro atoms. The molecule has 2 rings (SSSR count). The number of hydrogen-bond donors (Lipinski definition) is 0. The van der Waals surface area contributed by atoms with Crippen LogP contribution in [0.3, 0.4) is 0 Å². The minimum absolute atomic E-state index is 0.402. The predicted molar refractivity (Wildman–Crippen MR) is 78.4 cm³/mol. The van der Waals surface area contributed by atoms with Gasteiger partial charge in [0.05, 0.1) is 11.6 Å². The maximum atomic E-state index is 9.00. The van der Waals surface area contributed by atoms with Crippen LogP contribution in [-0.4, -0.2) is 18.1 Å². The summed E-state index contributed by atoms with van der Waals surface area (Å²) in [6, 6.07) is 5.58. The maximum absolute atomic E-state index is 9.00. The van der Waals surface area contributed by atoms with Crippen LogP contribution in [0.5, 0.6) is 0 Å². The van der Waals surface area contributed by atoms with Gasteiger partial charge < -0.3 is 4.90 Å². The quantitative estimate of drug-likeness (QED) is 0.771. The Morgan fingerprint density at radius 1 is 1.37 bits per heavy atom. The van der Waals surface area contributed by atoms with E-state index >= 15 is 0 Å². The maximum Gasteiger partial charge on any atom is 0.132 e. The van der Waals surface area contributed by atoms with Crippen molar-refractivity contribution in [3.05, 3.63) is 22.8 Å². The molecule has 1 atom stereocenters. The predicted octanol–water partition coefficient (Wildman–Crippen LogP) is 3.87. The first kappa shape index (κ1) is 14.1. The zero-order chi connectivity index (χ0) is 13.8. The van der Waals surface area contributed by atoms with Crippen LogP contribution in [0.25, 0.3) is 0 Å². The van der Waals surface area contributed by atoms with Crippen LogP contribution in [0, 0.1) is 23.2 Å². The summed E-state index contributed by atoms with van der Waals surface area (Å²) in [6.45, 7) is 6.60. The Hall–Kier alpha value is -1.27. The van der Waals surface area contributed by atoms with Crippen LogP contribution in [0.2, 0.25) is 5.15 Å². The van der Waals surface area contributed by atoms with Crippen molar-refractivity contribution in [3.63, 3.8) is 0 Å². The van der Waals surface area contributed by atoms with Crippen LogP contribution in [0.15, 0.2) is 12.1 Å². The van der Waals surface area contributed by atoms with E-state index in [9.17, 15) is 0 Å². The highest BCUT2D eigenvalue weighted by Gasteiger charge is 2.20. The van der Waals surface area contributed by atoms with Crippen molar-refractivity contribution in [2.45, 2.75) is 33.1 Å². The van der Waals surface area contributed by atoms with Crippen molar-refractivity contribution in [3.8, 4) is 6.07 Å². The minimum atomic E-state index is 0.402. The molecule has 0 amide bonds. The average molecular weight is 278 g/mol. The van der Waals surface area contributed by atoms with Gasteiger partial charge in [-0.3, -0.25) is 0 Å². The fraction of sp³-hybridized carbons (Fsp3) is 0.600. The van der Waals surface area contributed by atoms with Crippen molar-refractivity contribution in [1.29, 1.82) is 5.26 Å². The molecule has 1 fully saturated rings. The standard InChI is InChI=1S/C15H20ClN3/c1-11(2)13-4-3-6-19(7-5-13)15-9-12(10-17)8-14(16)18-15/h8-9,11,13H,3-7H2,1-2H3. The van der Waals surface area contributed by atoms with Crippen molar-refractivity contribution >= 4 is 17.4 Å². The van der Waals surface area contributed by atoms with Crippen LogP contribution in [-0.2, 0) is 0 Å². The van der Waals surface area contributed by atoms with Gasteiger partial charge >= 0.3 is 0 Å². The van der Waals surface area contributed by atoms with Gasteiger partial charge in [-0.15, -0.1) is 0 Å². The van der Waals surface area contributed by atoms with Gasteiger partial charge in [-0.1, -0.05) is 25.4 Å². The summed E-state index contributed by atoms with van der Waals surface area (Å²) < 4.78 is 0. The SMILES string of the molecule is CC(C)C1CCCN(c2cc(C#N)cc(Cl)n2)CC1. The number of anilines is 1. The lowest BCUT2D eigenvalue weighted by Crippen LogP contribution is -2.25. The average Bonchev–Trinajstić information content (AvgIpc) is 2.63. The number of nitrogens with zero attached hydrogens (tertiary/aromatic N) is 3. The number of pyridine rings is 1. The summed E-state index contributed by atoms with van der Waals surface area (Å²) in [7, 11) is 0. The monoisotopic (exact) mass is 277 g/mol. The Balaban J connectivity index is 2.14. The second-order valence-corrected chi connectivity index (χ2v) is 5.96.